The second-order valence-corrected chi connectivity index (χ2v) is 7.83. The summed E-state index contributed by atoms with van der Waals surface area (Å²) in [6.07, 6.45) is 2.11. The van der Waals surface area contributed by atoms with Crippen LogP contribution in [0.3, 0.4) is 0 Å². The number of thiazole rings is 1. The van der Waals surface area contributed by atoms with Gasteiger partial charge in [-0.15, -0.1) is 22.7 Å². The fourth-order valence-electron chi connectivity index (χ4n) is 2.50. The molecule has 3 aromatic rings. The van der Waals surface area contributed by atoms with E-state index in [0.717, 1.165) is 22.0 Å². The van der Waals surface area contributed by atoms with Crippen LogP contribution in [-0.4, -0.2) is 20.9 Å². The van der Waals surface area contributed by atoms with Crippen molar-refractivity contribution in [1.82, 2.24) is 20.3 Å². The van der Waals surface area contributed by atoms with E-state index in [1.165, 1.54) is 17.7 Å². The van der Waals surface area contributed by atoms with Crippen molar-refractivity contribution in [2.24, 2.45) is 0 Å². The Balaban J connectivity index is 1.93. The molecule has 126 valence electrons. The zero-order valence-corrected chi connectivity index (χ0v) is 15.5. The molecular formula is C16H18N4O2S2. The minimum absolute atomic E-state index is 0.134. The Morgan fingerprint density at radius 3 is 2.67 bits per heavy atom. The standard InChI is InChI=1S/C16H18N4O2S2/c1-5-10(15-19-8(3)9(4)23-15)20-14(22)12-7(2)11-13(21)17-6-18-16(11)24-12/h6,10H,5H2,1-4H3,(H,20,22)(H,17,18,21)/t10-/m1/s1. The number of nitrogens with one attached hydrogen (secondary N) is 2. The molecule has 3 heterocycles. The van der Waals surface area contributed by atoms with Crippen LogP contribution in [0.1, 0.15) is 50.2 Å². The fraction of sp³-hybridized carbons (Fsp3) is 0.375. The number of aromatic amines is 1. The molecule has 0 aliphatic rings. The number of carbonyl (C=O) groups excluding carboxylic acids is 1. The van der Waals surface area contributed by atoms with Crippen molar-refractivity contribution in [3.05, 3.63) is 42.7 Å². The third kappa shape index (κ3) is 2.87. The van der Waals surface area contributed by atoms with E-state index in [9.17, 15) is 9.59 Å². The molecule has 0 aliphatic carbocycles. The molecule has 0 radical (unpaired) electrons. The molecular weight excluding hydrogens is 344 g/mol. The maximum absolute atomic E-state index is 12.7. The van der Waals surface area contributed by atoms with Gasteiger partial charge in [-0.25, -0.2) is 9.97 Å². The zero-order valence-electron chi connectivity index (χ0n) is 13.9. The molecule has 0 aromatic carbocycles. The van der Waals surface area contributed by atoms with Crippen LogP contribution in [0.25, 0.3) is 10.2 Å². The van der Waals surface area contributed by atoms with Crippen molar-refractivity contribution in [2.45, 2.75) is 40.2 Å². The number of carbonyl (C=O) groups is 1. The monoisotopic (exact) mass is 362 g/mol. The van der Waals surface area contributed by atoms with Gasteiger partial charge in [-0.2, -0.15) is 0 Å². The van der Waals surface area contributed by atoms with Crippen LogP contribution in [-0.2, 0) is 0 Å². The minimum atomic E-state index is -0.217. The molecule has 8 heteroatoms. The number of hydrogen-bond donors (Lipinski definition) is 2. The first kappa shape index (κ1) is 16.8. The molecule has 0 spiro atoms. The summed E-state index contributed by atoms with van der Waals surface area (Å²) >= 11 is 2.85. The van der Waals surface area contributed by atoms with E-state index in [1.807, 2.05) is 20.8 Å². The van der Waals surface area contributed by atoms with E-state index >= 15 is 0 Å². The Labute approximate surface area is 147 Å². The number of H-pyrrole nitrogens is 1. The molecule has 3 rings (SSSR count). The lowest BCUT2D eigenvalue weighted by molar-refractivity contribution is 0.0939. The molecule has 0 saturated heterocycles. The van der Waals surface area contributed by atoms with Crippen LogP contribution in [0, 0.1) is 20.8 Å². The summed E-state index contributed by atoms with van der Waals surface area (Å²) in [4.78, 5) is 38.2. The molecule has 0 saturated carbocycles. The minimum Gasteiger partial charge on any atom is -0.342 e. The van der Waals surface area contributed by atoms with Crippen LogP contribution in [0.4, 0.5) is 0 Å². The summed E-state index contributed by atoms with van der Waals surface area (Å²) in [6.45, 7) is 7.79. The summed E-state index contributed by atoms with van der Waals surface area (Å²) in [5.74, 6) is -0.188. The van der Waals surface area contributed by atoms with E-state index < -0.39 is 0 Å². The molecule has 0 fully saturated rings. The van der Waals surface area contributed by atoms with Gasteiger partial charge < -0.3 is 10.3 Å². The maximum atomic E-state index is 12.7. The zero-order chi connectivity index (χ0) is 17.4. The summed E-state index contributed by atoms with van der Waals surface area (Å²) in [5, 5.41) is 4.44. The van der Waals surface area contributed by atoms with Gasteiger partial charge in [0.1, 0.15) is 9.84 Å². The Hall–Kier alpha value is -2.06. The lowest BCUT2D eigenvalue weighted by Crippen LogP contribution is -2.28. The molecule has 1 atom stereocenters. The Morgan fingerprint density at radius 2 is 2.08 bits per heavy atom. The molecule has 1 amide bonds. The number of hydrogen-bond acceptors (Lipinski definition) is 6. The van der Waals surface area contributed by atoms with Crippen LogP contribution in [0.5, 0.6) is 0 Å². The second kappa shape index (κ2) is 6.45. The van der Waals surface area contributed by atoms with Crippen LogP contribution < -0.4 is 10.9 Å². The van der Waals surface area contributed by atoms with Gasteiger partial charge in [0.25, 0.3) is 11.5 Å². The van der Waals surface area contributed by atoms with Crippen LogP contribution in [0.2, 0.25) is 0 Å². The smallest absolute Gasteiger partial charge is 0.262 e. The normalized spacial score (nSPS) is 12.5. The first-order valence-electron chi connectivity index (χ1n) is 7.64. The third-order valence-electron chi connectivity index (χ3n) is 4.00. The van der Waals surface area contributed by atoms with Crippen molar-refractivity contribution in [1.29, 1.82) is 0 Å². The van der Waals surface area contributed by atoms with Crippen LogP contribution >= 0.6 is 22.7 Å². The highest BCUT2D eigenvalue weighted by Crippen LogP contribution is 2.29. The van der Waals surface area contributed by atoms with E-state index in [1.54, 1.807) is 18.3 Å². The summed E-state index contributed by atoms with van der Waals surface area (Å²) in [7, 11) is 0. The average molecular weight is 362 g/mol. The van der Waals surface area contributed by atoms with Gasteiger partial charge in [-0.3, -0.25) is 9.59 Å². The number of nitrogens with zero attached hydrogens (tertiary/aromatic N) is 2. The van der Waals surface area contributed by atoms with Gasteiger partial charge in [0, 0.05) is 4.88 Å². The number of aryl methyl sites for hydroxylation is 3. The quantitative estimate of drug-likeness (QED) is 0.746. The van der Waals surface area contributed by atoms with Crippen molar-refractivity contribution in [2.75, 3.05) is 0 Å². The number of fused-ring (bicyclic) bond motifs is 1. The second-order valence-electron chi connectivity index (χ2n) is 5.60. The molecule has 24 heavy (non-hydrogen) atoms. The number of amides is 1. The van der Waals surface area contributed by atoms with Gasteiger partial charge in [-0.1, -0.05) is 6.92 Å². The van der Waals surface area contributed by atoms with E-state index in [-0.39, 0.29) is 17.5 Å². The van der Waals surface area contributed by atoms with Gasteiger partial charge >= 0.3 is 0 Å². The van der Waals surface area contributed by atoms with Gasteiger partial charge in [0.05, 0.1) is 28.3 Å². The number of aromatic nitrogens is 3. The van der Waals surface area contributed by atoms with Crippen LogP contribution in [0.15, 0.2) is 11.1 Å². The van der Waals surface area contributed by atoms with Crippen molar-refractivity contribution in [3.63, 3.8) is 0 Å². The topological polar surface area (TPSA) is 87.7 Å². The SMILES string of the molecule is CC[C@@H](NC(=O)c1sc2nc[nH]c(=O)c2c1C)c1nc(C)c(C)s1. The van der Waals surface area contributed by atoms with E-state index in [4.69, 9.17) is 0 Å². The summed E-state index contributed by atoms with van der Waals surface area (Å²) in [6, 6.07) is -0.134. The van der Waals surface area contributed by atoms with Crippen molar-refractivity contribution >= 4 is 38.8 Å². The highest BCUT2D eigenvalue weighted by molar-refractivity contribution is 7.20. The molecule has 6 nitrogen and oxygen atoms in total. The first-order valence-corrected chi connectivity index (χ1v) is 9.27. The Morgan fingerprint density at radius 1 is 1.33 bits per heavy atom. The predicted octanol–water partition coefficient (Wildman–Crippen LogP) is 3.25. The Kier molecular flexibility index (Phi) is 4.51. The third-order valence-corrected chi connectivity index (χ3v) is 6.38. The largest absolute Gasteiger partial charge is 0.342 e. The molecule has 3 aromatic heterocycles. The highest BCUT2D eigenvalue weighted by atomic mass is 32.1. The van der Waals surface area contributed by atoms with E-state index in [0.29, 0.717) is 20.7 Å². The van der Waals surface area contributed by atoms with Gasteiger partial charge in [0.15, 0.2) is 0 Å². The first-order chi connectivity index (χ1) is 11.4. The van der Waals surface area contributed by atoms with Crippen molar-refractivity contribution < 1.29 is 4.79 Å². The van der Waals surface area contributed by atoms with Gasteiger partial charge in [0.2, 0.25) is 0 Å². The molecule has 0 bridgehead atoms. The predicted molar refractivity (Wildman–Crippen MR) is 97.1 cm³/mol. The lowest BCUT2D eigenvalue weighted by atomic mass is 10.2. The number of rotatable bonds is 4. The summed E-state index contributed by atoms with van der Waals surface area (Å²) in [5.41, 5.74) is 1.45. The highest BCUT2D eigenvalue weighted by Gasteiger charge is 2.22. The molecule has 0 unspecified atom stereocenters. The van der Waals surface area contributed by atoms with Gasteiger partial charge in [-0.05, 0) is 32.8 Å². The molecule has 2 N–H and O–H groups in total. The average Bonchev–Trinajstić information content (AvgIpc) is 3.06. The van der Waals surface area contributed by atoms with Crippen molar-refractivity contribution in [3.8, 4) is 0 Å². The van der Waals surface area contributed by atoms with E-state index in [2.05, 4.69) is 20.3 Å². The maximum Gasteiger partial charge on any atom is 0.262 e. The lowest BCUT2D eigenvalue weighted by Gasteiger charge is -2.14. The molecule has 0 aliphatic heterocycles. The fourth-order valence-corrected chi connectivity index (χ4v) is 4.61. The number of thiophene rings is 1. The Bertz CT molecular complexity index is 951. The summed E-state index contributed by atoms with van der Waals surface area (Å²) < 4.78 is 0.